The molecule has 0 aromatic heterocycles. The summed E-state index contributed by atoms with van der Waals surface area (Å²) in [6, 6.07) is 2.26. The molecular weight excluding hydrogens is 275 g/mol. The molecule has 1 aromatic carbocycles. The lowest BCUT2D eigenvalue weighted by molar-refractivity contribution is -0.122. The molecule has 6 heteroatoms. The van der Waals surface area contributed by atoms with Gasteiger partial charge in [0.2, 0.25) is 5.91 Å². The zero-order chi connectivity index (χ0) is 15.7. The number of benzene rings is 1. The zero-order valence-electron chi connectivity index (χ0n) is 12.2. The summed E-state index contributed by atoms with van der Waals surface area (Å²) in [6.07, 6.45) is 0.763. The first-order valence-corrected chi connectivity index (χ1v) is 6.80. The molecule has 2 rings (SSSR count). The molecule has 21 heavy (non-hydrogen) atoms. The number of nitrogens with one attached hydrogen (secondary N) is 1. The summed E-state index contributed by atoms with van der Waals surface area (Å²) in [6.45, 7) is 5.14. The number of ketones is 1. The quantitative estimate of drug-likeness (QED) is 0.857. The molecule has 0 aliphatic carbocycles. The minimum atomic E-state index is -0.794. The molecule has 0 radical (unpaired) electrons. The van der Waals surface area contributed by atoms with Gasteiger partial charge in [0.05, 0.1) is 11.3 Å². The first kappa shape index (κ1) is 15.2. The first-order valence-electron chi connectivity index (χ1n) is 6.80. The fourth-order valence-corrected chi connectivity index (χ4v) is 2.32. The number of rotatable bonds is 4. The highest BCUT2D eigenvalue weighted by molar-refractivity contribution is 6.52. The van der Waals surface area contributed by atoms with E-state index >= 15 is 0 Å². The minimum Gasteiger partial charge on any atom is -0.352 e. The van der Waals surface area contributed by atoms with Crippen LogP contribution in [-0.2, 0) is 9.59 Å². The molecule has 1 atom stereocenters. The molecule has 0 saturated carbocycles. The van der Waals surface area contributed by atoms with E-state index in [1.807, 2.05) is 13.8 Å². The van der Waals surface area contributed by atoms with E-state index in [2.05, 4.69) is 5.32 Å². The molecule has 5 nitrogen and oxygen atoms in total. The van der Waals surface area contributed by atoms with Gasteiger partial charge in [-0.1, -0.05) is 6.92 Å². The Hall–Kier alpha value is -2.24. The number of carbonyl (C=O) groups excluding carboxylic acids is 3. The van der Waals surface area contributed by atoms with Gasteiger partial charge in [-0.05, 0) is 38.0 Å². The molecule has 0 spiro atoms. The predicted molar refractivity (Wildman–Crippen MR) is 75.7 cm³/mol. The third-order valence-corrected chi connectivity index (χ3v) is 3.54. The second-order valence-corrected chi connectivity index (χ2v) is 5.22. The van der Waals surface area contributed by atoms with Crippen molar-refractivity contribution < 1.29 is 18.8 Å². The number of amides is 2. The Bertz CT molecular complexity index is 628. The van der Waals surface area contributed by atoms with Crippen LogP contribution < -0.4 is 10.2 Å². The van der Waals surface area contributed by atoms with Gasteiger partial charge < -0.3 is 5.32 Å². The molecule has 1 unspecified atom stereocenters. The Morgan fingerprint density at radius 2 is 2.05 bits per heavy atom. The molecule has 2 amide bonds. The maximum atomic E-state index is 13.4. The van der Waals surface area contributed by atoms with E-state index in [1.165, 1.54) is 6.07 Å². The summed E-state index contributed by atoms with van der Waals surface area (Å²) in [5.41, 5.74) is 0.806. The molecule has 112 valence electrons. The maximum absolute atomic E-state index is 13.4. The van der Waals surface area contributed by atoms with Gasteiger partial charge >= 0.3 is 0 Å². The van der Waals surface area contributed by atoms with E-state index in [-0.39, 0.29) is 24.1 Å². The van der Waals surface area contributed by atoms with Gasteiger partial charge in [0.1, 0.15) is 12.4 Å². The average molecular weight is 292 g/mol. The topological polar surface area (TPSA) is 66.5 Å². The van der Waals surface area contributed by atoms with Crippen LogP contribution in [0.3, 0.4) is 0 Å². The van der Waals surface area contributed by atoms with Gasteiger partial charge in [-0.3, -0.25) is 19.3 Å². The van der Waals surface area contributed by atoms with Crippen molar-refractivity contribution in [3.8, 4) is 0 Å². The Labute approximate surface area is 122 Å². The largest absolute Gasteiger partial charge is 0.352 e. The summed E-state index contributed by atoms with van der Waals surface area (Å²) in [5.74, 6) is -2.48. The van der Waals surface area contributed by atoms with Crippen LogP contribution in [0, 0.1) is 12.7 Å². The van der Waals surface area contributed by atoms with Crippen molar-refractivity contribution in [1.82, 2.24) is 5.32 Å². The lowest BCUT2D eigenvalue weighted by atomic mass is 10.1. The van der Waals surface area contributed by atoms with Crippen molar-refractivity contribution in [2.45, 2.75) is 33.2 Å². The third-order valence-electron chi connectivity index (χ3n) is 3.54. The van der Waals surface area contributed by atoms with Crippen LogP contribution in [-0.4, -0.2) is 30.2 Å². The average Bonchev–Trinajstić information content (AvgIpc) is 2.64. The van der Waals surface area contributed by atoms with Crippen molar-refractivity contribution in [3.05, 3.63) is 29.1 Å². The number of carbonyl (C=O) groups is 3. The molecule has 1 aliphatic heterocycles. The van der Waals surface area contributed by atoms with Crippen LogP contribution in [0.2, 0.25) is 0 Å². The molecule has 1 aliphatic rings. The van der Waals surface area contributed by atoms with E-state index in [9.17, 15) is 18.8 Å². The number of anilines is 1. The molecular formula is C15H17FN2O3. The number of hydrogen-bond acceptors (Lipinski definition) is 3. The molecule has 0 fully saturated rings. The number of Topliss-reactive ketones (excluding diaryl/α,β-unsaturated/α-hetero) is 1. The number of aryl methyl sites for hydroxylation is 1. The molecule has 0 saturated heterocycles. The van der Waals surface area contributed by atoms with Gasteiger partial charge in [-0.15, -0.1) is 0 Å². The highest BCUT2D eigenvalue weighted by Gasteiger charge is 2.38. The second-order valence-electron chi connectivity index (χ2n) is 5.22. The smallest absolute Gasteiger partial charge is 0.299 e. The van der Waals surface area contributed by atoms with Gasteiger partial charge in [-0.2, -0.15) is 0 Å². The highest BCUT2D eigenvalue weighted by atomic mass is 19.1. The minimum absolute atomic E-state index is 0.0142. The summed E-state index contributed by atoms with van der Waals surface area (Å²) < 4.78 is 13.4. The SMILES string of the molecule is CCC(C)NC(=O)CN1C(=O)C(=O)c2cc(F)cc(C)c21. The fraction of sp³-hybridized carbons (Fsp3) is 0.400. The summed E-state index contributed by atoms with van der Waals surface area (Å²) in [5, 5.41) is 2.74. The fourth-order valence-electron chi connectivity index (χ4n) is 2.32. The number of halogens is 1. The van der Waals surface area contributed by atoms with Crippen LogP contribution in [0.1, 0.15) is 36.2 Å². The van der Waals surface area contributed by atoms with Crippen LogP contribution in [0.25, 0.3) is 0 Å². The van der Waals surface area contributed by atoms with Crippen molar-refractivity contribution in [1.29, 1.82) is 0 Å². The Kier molecular flexibility index (Phi) is 4.06. The van der Waals surface area contributed by atoms with Crippen LogP contribution in [0.15, 0.2) is 12.1 Å². The Balaban J connectivity index is 2.29. The first-order chi connectivity index (χ1) is 9.85. The molecule has 0 bridgehead atoms. The van der Waals surface area contributed by atoms with Gasteiger partial charge in [-0.25, -0.2) is 4.39 Å². The lowest BCUT2D eigenvalue weighted by Gasteiger charge is -2.19. The lowest BCUT2D eigenvalue weighted by Crippen LogP contribution is -2.43. The zero-order valence-corrected chi connectivity index (χ0v) is 12.2. The van der Waals surface area contributed by atoms with E-state index in [0.717, 1.165) is 17.4 Å². The van der Waals surface area contributed by atoms with E-state index in [0.29, 0.717) is 11.3 Å². The number of fused-ring (bicyclic) bond motifs is 1. The standard InChI is InChI=1S/C15H17FN2O3/c1-4-9(3)17-12(19)7-18-13-8(2)5-10(16)6-11(13)14(20)15(18)21/h5-6,9H,4,7H2,1-3H3,(H,17,19). The number of hydrogen-bond donors (Lipinski definition) is 1. The van der Waals surface area contributed by atoms with Crippen LogP contribution in [0.4, 0.5) is 10.1 Å². The van der Waals surface area contributed by atoms with Crippen LogP contribution >= 0.6 is 0 Å². The molecule has 1 N–H and O–H groups in total. The predicted octanol–water partition coefficient (Wildman–Crippen LogP) is 1.58. The second kappa shape index (κ2) is 5.63. The van der Waals surface area contributed by atoms with Crippen molar-refractivity contribution in [2.24, 2.45) is 0 Å². The normalized spacial score (nSPS) is 15.1. The van der Waals surface area contributed by atoms with Gasteiger partial charge in [0, 0.05) is 6.04 Å². The highest BCUT2D eigenvalue weighted by Crippen LogP contribution is 2.32. The molecule has 1 heterocycles. The van der Waals surface area contributed by atoms with Gasteiger partial charge in [0.25, 0.3) is 11.7 Å². The monoisotopic (exact) mass is 292 g/mol. The van der Waals surface area contributed by atoms with E-state index in [4.69, 9.17) is 0 Å². The third kappa shape index (κ3) is 2.79. The summed E-state index contributed by atoms with van der Waals surface area (Å²) in [7, 11) is 0. The van der Waals surface area contributed by atoms with Crippen molar-refractivity contribution in [2.75, 3.05) is 11.4 Å². The Morgan fingerprint density at radius 1 is 1.38 bits per heavy atom. The van der Waals surface area contributed by atoms with Crippen LogP contribution in [0.5, 0.6) is 0 Å². The summed E-state index contributed by atoms with van der Waals surface area (Å²) >= 11 is 0. The van der Waals surface area contributed by atoms with E-state index < -0.39 is 17.5 Å². The number of nitrogens with zero attached hydrogens (tertiary/aromatic N) is 1. The van der Waals surface area contributed by atoms with Crippen molar-refractivity contribution >= 4 is 23.3 Å². The van der Waals surface area contributed by atoms with Gasteiger partial charge in [0.15, 0.2) is 0 Å². The Morgan fingerprint density at radius 3 is 2.67 bits per heavy atom. The summed E-state index contributed by atoms with van der Waals surface area (Å²) in [4.78, 5) is 36.9. The molecule has 1 aromatic rings. The van der Waals surface area contributed by atoms with Crippen molar-refractivity contribution in [3.63, 3.8) is 0 Å². The van der Waals surface area contributed by atoms with E-state index in [1.54, 1.807) is 6.92 Å². The maximum Gasteiger partial charge on any atom is 0.299 e.